The summed E-state index contributed by atoms with van der Waals surface area (Å²) in [5, 5.41) is 11.7. The van der Waals surface area contributed by atoms with Crippen LogP contribution in [-0.2, 0) is 0 Å². The van der Waals surface area contributed by atoms with Gasteiger partial charge in [-0.05, 0) is 6.07 Å². The first-order chi connectivity index (χ1) is 5.72. The van der Waals surface area contributed by atoms with Gasteiger partial charge in [-0.25, -0.2) is 4.98 Å². The maximum absolute atomic E-state index is 8.51. The summed E-state index contributed by atoms with van der Waals surface area (Å²) in [5.41, 5.74) is 6.06. The minimum Gasteiger partial charge on any atom is -0.399 e. The van der Waals surface area contributed by atoms with Crippen LogP contribution in [0.2, 0.25) is 5.15 Å². The molecule has 1 aromatic heterocycles. The molecule has 0 saturated carbocycles. The zero-order valence-electron chi connectivity index (χ0n) is 6.42. The lowest BCUT2D eigenvalue weighted by atomic mass is 10.4. The Morgan fingerprint density at radius 2 is 2.33 bits per heavy atom. The molecule has 0 radical (unpaired) electrons. The van der Waals surface area contributed by atoms with Crippen LogP contribution in [-0.4, -0.2) is 23.2 Å². The first-order valence-electron chi connectivity index (χ1n) is 3.50. The highest BCUT2D eigenvalue weighted by molar-refractivity contribution is 6.29. The third kappa shape index (κ3) is 2.56. The Kier molecular flexibility index (Phi) is 3.13. The van der Waals surface area contributed by atoms with Crippen LogP contribution in [0.25, 0.3) is 0 Å². The molecule has 0 amide bonds. The fraction of sp³-hybridized carbons (Fsp3) is 0.286. The minimum absolute atomic E-state index is 0.0497. The standard InChI is InChI=1S/C7H10ClN3O/c8-6-3-5(9)4-7(11-6)10-1-2-12/h3-4,12H,1-2H2,(H3,9,10,11). The molecule has 0 aromatic carbocycles. The summed E-state index contributed by atoms with van der Waals surface area (Å²) in [6.45, 7) is 0.487. The quantitative estimate of drug-likeness (QED) is 0.610. The first kappa shape index (κ1) is 9.09. The molecular formula is C7H10ClN3O. The fourth-order valence-electron chi connectivity index (χ4n) is 0.791. The summed E-state index contributed by atoms with van der Waals surface area (Å²) >= 11 is 5.64. The normalized spacial score (nSPS) is 9.83. The molecule has 4 nitrogen and oxygen atoms in total. The van der Waals surface area contributed by atoms with E-state index < -0.39 is 0 Å². The van der Waals surface area contributed by atoms with E-state index in [1.165, 1.54) is 0 Å². The number of aliphatic hydroxyl groups excluding tert-OH is 1. The Labute approximate surface area is 75.4 Å². The third-order valence-electron chi connectivity index (χ3n) is 1.23. The number of rotatable bonds is 3. The van der Waals surface area contributed by atoms with Gasteiger partial charge < -0.3 is 16.2 Å². The van der Waals surface area contributed by atoms with Crippen LogP contribution in [0.1, 0.15) is 0 Å². The van der Waals surface area contributed by atoms with Crippen molar-refractivity contribution >= 4 is 23.1 Å². The highest BCUT2D eigenvalue weighted by atomic mass is 35.5. The molecule has 1 aromatic rings. The Morgan fingerprint density at radius 3 is 2.92 bits per heavy atom. The molecule has 0 unspecified atom stereocenters. The van der Waals surface area contributed by atoms with Crippen molar-refractivity contribution in [2.45, 2.75) is 0 Å². The Bertz CT molecular complexity index is 247. The van der Waals surface area contributed by atoms with E-state index in [9.17, 15) is 0 Å². The summed E-state index contributed by atoms with van der Waals surface area (Å²) in [6.07, 6.45) is 0. The van der Waals surface area contributed by atoms with E-state index >= 15 is 0 Å². The van der Waals surface area contributed by atoms with Crippen LogP contribution in [0.4, 0.5) is 11.5 Å². The van der Waals surface area contributed by atoms with Gasteiger partial charge in [-0.2, -0.15) is 0 Å². The van der Waals surface area contributed by atoms with E-state index in [2.05, 4.69) is 10.3 Å². The van der Waals surface area contributed by atoms with Gasteiger partial charge in [0.1, 0.15) is 11.0 Å². The molecule has 0 bridgehead atoms. The molecule has 1 rings (SSSR count). The average Bonchev–Trinajstić information content (AvgIpc) is 1.99. The van der Waals surface area contributed by atoms with Crippen molar-refractivity contribution in [3.05, 3.63) is 17.3 Å². The monoisotopic (exact) mass is 187 g/mol. The first-order valence-corrected chi connectivity index (χ1v) is 3.88. The van der Waals surface area contributed by atoms with E-state index in [0.717, 1.165) is 0 Å². The van der Waals surface area contributed by atoms with Crippen LogP contribution >= 0.6 is 11.6 Å². The van der Waals surface area contributed by atoms with E-state index in [4.69, 9.17) is 22.4 Å². The van der Waals surface area contributed by atoms with E-state index in [1.54, 1.807) is 12.1 Å². The fourth-order valence-corrected chi connectivity index (χ4v) is 1.01. The van der Waals surface area contributed by atoms with Crippen LogP contribution in [0.3, 0.4) is 0 Å². The van der Waals surface area contributed by atoms with Crippen molar-refractivity contribution in [3.8, 4) is 0 Å². The molecule has 0 aliphatic carbocycles. The second-order valence-corrected chi connectivity index (χ2v) is 2.65. The van der Waals surface area contributed by atoms with Crippen molar-refractivity contribution in [3.63, 3.8) is 0 Å². The number of hydrogen-bond donors (Lipinski definition) is 3. The van der Waals surface area contributed by atoms with E-state index in [-0.39, 0.29) is 6.61 Å². The Hall–Kier alpha value is -1.00. The second kappa shape index (κ2) is 4.13. The number of nitrogen functional groups attached to an aromatic ring is 1. The number of hydrogen-bond acceptors (Lipinski definition) is 4. The lowest BCUT2D eigenvalue weighted by molar-refractivity contribution is 0.311. The van der Waals surface area contributed by atoms with Crippen LogP contribution in [0, 0.1) is 0 Å². The summed E-state index contributed by atoms with van der Waals surface area (Å²) < 4.78 is 0. The van der Waals surface area contributed by atoms with Gasteiger partial charge in [0.2, 0.25) is 0 Å². The molecule has 0 aliphatic heterocycles. The molecule has 4 N–H and O–H groups in total. The number of halogens is 1. The number of pyridine rings is 1. The Morgan fingerprint density at radius 1 is 1.58 bits per heavy atom. The molecule has 0 atom stereocenters. The Balaban J connectivity index is 2.72. The van der Waals surface area contributed by atoms with Crippen molar-refractivity contribution in [2.24, 2.45) is 0 Å². The van der Waals surface area contributed by atoms with Gasteiger partial charge in [0.05, 0.1) is 6.61 Å². The van der Waals surface area contributed by atoms with Gasteiger partial charge in [-0.1, -0.05) is 11.6 Å². The van der Waals surface area contributed by atoms with E-state index in [0.29, 0.717) is 23.2 Å². The highest BCUT2D eigenvalue weighted by Gasteiger charge is 1.96. The lowest BCUT2D eigenvalue weighted by Crippen LogP contribution is -2.07. The number of nitrogens with one attached hydrogen (secondary N) is 1. The molecule has 12 heavy (non-hydrogen) atoms. The molecule has 66 valence electrons. The van der Waals surface area contributed by atoms with Gasteiger partial charge in [-0.15, -0.1) is 0 Å². The summed E-state index contributed by atoms with van der Waals surface area (Å²) in [4.78, 5) is 3.93. The molecule has 0 saturated heterocycles. The van der Waals surface area contributed by atoms with Gasteiger partial charge in [0.25, 0.3) is 0 Å². The van der Waals surface area contributed by atoms with Gasteiger partial charge in [0.15, 0.2) is 0 Å². The van der Waals surface area contributed by atoms with E-state index in [1.807, 2.05) is 0 Å². The number of anilines is 2. The maximum Gasteiger partial charge on any atom is 0.133 e. The van der Waals surface area contributed by atoms with Gasteiger partial charge in [-0.3, -0.25) is 0 Å². The van der Waals surface area contributed by atoms with Crippen molar-refractivity contribution < 1.29 is 5.11 Å². The SMILES string of the molecule is Nc1cc(Cl)nc(NCCO)c1. The largest absolute Gasteiger partial charge is 0.399 e. The van der Waals surface area contributed by atoms with Crippen molar-refractivity contribution in [2.75, 3.05) is 24.2 Å². The van der Waals surface area contributed by atoms with Crippen molar-refractivity contribution in [1.29, 1.82) is 0 Å². The van der Waals surface area contributed by atoms with Crippen LogP contribution < -0.4 is 11.1 Å². The second-order valence-electron chi connectivity index (χ2n) is 2.26. The predicted octanol–water partition coefficient (Wildman–Crippen LogP) is 0.721. The predicted molar refractivity (Wildman–Crippen MR) is 49.2 cm³/mol. The third-order valence-corrected chi connectivity index (χ3v) is 1.43. The van der Waals surface area contributed by atoms with Gasteiger partial charge in [0, 0.05) is 18.3 Å². The smallest absolute Gasteiger partial charge is 0.133 e. The van der Waals surface area contributed by atoms with Gasteiger partial charge >= 0.3 is 0 Å². The average molecular weight is 188 g/mol. The summed E-state index contributed by atoms with van der Waals surface area (Å²) in [5.74, 6) is 0.578. The zero-order valence-corrected chi connectivity index (χ0v) is 7.17. The number of aromatic nitrogens is 1. The topological polar surface area (TPSA) is 71.2 Å². The highest BCUT2D eigenvalue weighted by Crippen LogP contribution is 2.15. The van der Waals surface area contributed by atoms with Crippen LogP contribution in [0.5, 0.6) is 0 Å². The molecule has 0 aliphatic rings. The number of nitrogens with zero attached hydrogens (tertiary/aromatic N) is 1. The number of nitrogens with two attached hydrogens (primary N) is 1. The molecule has 0 fully saturated rings. The van der Waals surface area contributed by atoms with Crippen molar-refractivity contribution in [1.82, 2.24) is 4.98 Å². The van der Waals surface area contributed by atoms with Crippen LogP contribution in [0.15, 0.2) is 12.1 Å². The minimum atomic E-state index is 0.0497. The summed E-state index contributed by atoms with van der Waals surface area (Å²) in [7, 11) is 0. The lowest BCUT2D eigenvalue weighted by Gasteiger charge is -2.04. The molecule has 5 heteroatoms. The maximum atomic E-state index is 8.51. The molecule has 1 heterocycles. The molecule has 0 spiro atoms. The number of aliphatic hydroxyl groups is 1. The molecular weight excluding hydrogens is 178 g/mol. The zero-order chi connectivity index (χ0) is 8.97. The summed E-state index contributed by atoms with van der Waals surface area (Å²) in [6, 6.07) is 3.22.